The van der Waals surface area contributed by atoms with Crippen molar-refractivity contribution in [2.75, 3.05) is 243 Å². The van der Waals surface area contributed by atoms with Crippen LogP contribution in [-0.2, 0) is 28.0 Å². The first-order valence-corrected chi connectivity index (χ1v) is 50.4. The SMILES string of the molecule is CCN(CC)CCOc1cc(Cl)c(C)cc1C.CCN(CC)CCOc1ccc(C(F)(F)F)cc1C.COCCN(C)c1ccc(C(F)(F)F)cc1C.Cc1cc(C(F)(F)F)ccc1OCCN1CCCC1.Cc1cc(C)c(OCCN(C)C)cc1Cl.Cc1cc(C)c(OCCN2CCCC2)cc1Cl.Cc1cc(C)c(OCCN2CCNCC2)cc1Cl.Cc1cc(C)c(OCCN2CCOCC2)cc1Cl. The van der Waals surface area contributed by atoms with Gasteiger partial charge in [-0.05, 0) is 339 Å². The van der Waals surface area contributed by atoms with Crippen molar-refractivity contribution >= 4 is 63.7 Å². The zero-order valence-electron chi connectivity index (χ0n) is 86.5. The molecule has 8 aromatic carbocycles. The minimum Gasteiger partial charge on any atom is -0.492 e. The van der Waals surface area contributed by atoms with Crippen molar-refractivity contribution in [1.82, 2.24) is 39.6 Å². The van der Waals surface area contributed by atoms with Crippen molar-refractivity contribution in [3.8, 4) is 40.2 Å². The number of benzene rings is 8. The molecule has 0 unspecified atom stereocenters. The lowest BCUT2D eigenvalue weighted by Gasteiger charge is -2.27. The maximum atomic E-state index is 12.5. The van der Waals surface area contributed by atoms with Crippen molar-refractivity contribution in [3.05, 3.63) is 229 Å². The Balaban J connectivity index is 0.000000282. The zero-order chi connectivity index (χ0) is 104. The van der Waals surface area contributed by atoms with Crippen LogP contribution in [0.2, 0.25) is 25.1 Å². The Bertz CT molecular complexity index is 4710. The summed E-state index contributed by atoms with van der Waals surface area (Å²) < 4.78 is 163. The summed E-state index contributed by atoms with van der Waals surface area (Å²) in [6, 6.07) is 30.8. The second-order valence-corrected chi connectivity index (χ2v) is 37.7. The lowest BCUT2D eigenvalue weighted by Crippen LogP contribution is -2.44. The summed E-state index contributed by atoms with van der Waals surface area (Å²) in [7, 11) is 7.47. The van der Waals surface area contributed by atoms with Crippen molar-refractivity contribution in [2.45, 2.75) is 162 Å². The van der Waals surface area contributed by atoms with Gasteiger partial charge < -0.3 is 67.5 Å². The number of ether oxygens (including phenoxy) is 9. The maximum Gasteiger partial charge on any atom is 0.416 e. The predicted octanol–water partition coefficient (Wildman–Crippen LogP) is 25.2. The van der Waals surface area contributed by atoms with E-state index in [2.05, 4.69) is 112 Å². The number of anilines is 1. The maximum absolute atomic E-state index is 12.5. The first-order valence-electron chi connectivity index (χ1n) is 48.5. The molecule has 0 bridgehead atoms. The highest BCUT2D eigenvalue weighted by molar-refractivity contribution is 6.32. The minimum absolute atomic E-state index is 0.480. The van der Waals surface area contributed by atoms with Gasteiger partial charge in [-0.15, -0.1) is 0 Å². The van der Waals surface area contributed by atoms with Gasteiger partial charge in [-0.2, -0.15) is 39.5 Å². The topological polar surface area (TPSA) is 121 Å². The molecule has 4 saturated heterocycles. The standard InChI is InChI=1S/C14H21ClN2O.C14H20ClNO2.C14H20ClNO.C14H22ClNO.C14H18F3NO.C14H20F3NO.C12H18ClNO.C12H16F3NO/c1-11-9-12(2)14(10-13(11)15)18-8-7-17-5-3-16-4-6-17;1-11-9-12(2)14(10-13(11)15)18-8-5-16-3-6-17-7-4-16;1-11-9-12(2)14(10-13(11)15)17-8-7-16-5-3-4-6-16;1-5-16(6-2)7-8-17-14-10-13(15)11(3)9-12(14)4;1-11-10-12(14(15,16)17)4-5-13(11)19-9-8-18-6-2-3-7-18;1-4-18(5-2)8-9-19-13-7-6-12(10-11(13)3)14(15,16)17;1-9-7-10(2)12(8-11(9)13)15-6-5-14(3)4;1-9-8-10(12(13,14)15)4-5-11(9)16(2)6-7-17-3/h9-10,16H,3-8H2,1-2H3;9-10H,3-8H2,1-2H3;9-10H,3-8H2,1-2H3;9-10H,5-8H2,1-4H3;4-5,10H,2-3,6-9H2,1H3;6-7,10H,4-5,8-9H2,1-3H3;7-8H,5-6H2,1-4H3;4-5,8H,6-7H2,1-3H3. The molecule has 4 fully saturated rings. The van der Waals surface area contributed by atoms with Crippen molar-refractivity contribution in [1.29, 1.82) is 0 Å². The number of nitrogens with zero attached hydrogens (tertiary/aromatic N) is 8. The van der Waals surface area contributed by atoms with Gasteiger partial charge >= 0.3 is 18.5 Å². The Morgan fingerprint density at radius 3 is 0.857 bits per heavy atom. The number of alkyl halides is 9. The van der Waals surface area contributed by atoms with Gasteiger partial charge in [0, 0.05) is 137 Å². The van der Waals surface area contributed by atoms with Gasteiger partial charge in [-0.3, -0.25) is 19.6 Å². The molecule has 32 heteroatoms. The van der Waals surface area contributed by atoms with Crippen LogP contribution in [0.3, 0.4) is 0 Å². The third-order valence-electron chi connectivity index (χ3n) is 24.1. The predicted molar refractivity (Wildman–Crippen MR) is 559 cm³/mol. The molecule has 12 rings (SSSR count). The first kappa shape index (κ1) is 123. The number of halogens is 14. The molecule has 0 radical (unpaired) electrons. The van der Waals surface area contributed by atoms with E-state index < -0.39 is 35.2 Å². The number of methoxy groups -OCH3 is 1. The van der Waals surface area contributed by atoms with Crippen LogP contribution < -0.4 is 43.4 Å². The molecule has 0 atom stereocenters. The van der Waals surface area contributed by atoms with Crippen LogP contribution in [-0.4, -0.2) is 273 Å². The smallest absolute Gasteiger partial charge is 0.416 e. The third kappa shape index (κ3) is 46.3. The molecule has 0 amide bonds. The fourth-order valence-corrected chi connectivity index (χ4v) is 16.1. The van der Waals surface area contributed by atoms with Crippen molar-refractivity contribution in [2.24, 2.45) is 0 Å². The molecule has 18 nitrogen and oxygen atoms in total. The highest BCUT2D eigenvalue weighted by Gasteiger charge is 2.33. The van der Waals surface area contributed by atoms with Crippen LogP contribution in [0.1, 0.15) is 142 Å². The molecule has 4 heterocycles. The number of piperazine rings is 1. The molecule has 0 saturated carbocycles. The monoisotopic (exact) mass is 2070 g/mol. The average Bonchev–Trinajstić information content (AvgIpc) is 1.11. The highest BCUT2D eigenvalue weighted by atomic mass is 35.5. The summed E-state index contributed by atoms with van der Waals surface area (Å²) in [5.74, 6) is 5.53. The molecule has 4 aliphatic heterocycles. The number of morpholine rings is 1. The fourth-order valence-electron chi connectivity index (χ4n) is 15.3. The number of likely N-dealkylation sites (N-methyl/N-ethyl adjacent to an activating group) is 4. The van der Waals surface area contributed by atoms with E-state index in [1.54, 1.807) is 27.9 Å². The Morgan fingerprint density at radius 2 is 0.571 bits per heavy atom. The normalized spacial score (nSPS) is 14.1. The van der Waals surface area contributed by atoms with Crippen LogP contribution in [0.5, 0.6) is 40.2 Å². The summed E-state index contributed by atoms with van der Waals surface area (Å²) in [5, 5.41) is 7.21. The van der Waals surface area contributed by atoms with Crippen LogP contribution >= 0.6 is 58.0 Å². The number of hydrogen-bond donors (Lipinski definition) is 1. The lowest BCUT2D eigenvalue weighted by atomic mass is 10.1. The van der Waals surface area contributed by atoms with E-state index in [4.69, 9.17) is 101 Å². The summed E-state index contributed by atoms with van der Waals surface area (Å²) in [6.45, 7) is 62.5. The van der Waals surface area contributed by atoms with E-state index in [1.165, 1.54) is 63.0 Å². The van der Waals surface area contributed by atoms with Crippen LogP contribution in [0.15, 0.2) is 115 Å². The van der Waals surface area contributed by atoms with E-state index in [0.717, 1.165) is 296 Å². The Morgan fingerprint density at radius 1 is 0.307 bits per heavy atom. The van der Waals surface area contributed by atoms with Gasteiger partial charge in [0.05, 0.1) is 36.5 Å². The van der Waals surface area contributed by atoms with Gasteiger partial charge in [0.15, 0.2) is 0 Å². The molecule has 140 heavy (non-hydrogen) atoms. The Labute approximate surface area is 854 Å². The van der Waals surface area contributed by atoms with E-state index in [-0.39, 0.29) is 0 Å². The highest BCUT2D eigenvalue weighted by Crippen LogP contribution is 2.38. The van der Waals surface area contributed by atoms with E-state index in [0.29, 0.717) is 74.4 Å². The van der Waals surface area contributed by atoms with Crippen molar-refractivity contribution in [3.63, 3.8) is 0 Å². The number of rotatable bonds is 36. The van der Waals surface area contributed by atoms with Gasteiger partial charge in [-0.1, -0.05) is 116 Å². The first-order chi connectivity index (χ1) is 66.3. The van der Waals surface area contributed by atoms with Crippen LogP contribution in [0, 0.1) is 90.0 Å². The van der Waals surface area contributed by atoms with Gasteiger partial charge in [0.2, 0.25) is 0 Å². The molecule has 8 aromatic rings. The number of hydrogen-bond acceptors (Lipinski definition) is 18. The number of aryl methyl sites for hydroxylation is 13. The van der Waals surface area contributed by atoms with Crippen LogP contribution in [0.25, 0.3) is 0 Å². The van der Waals surface area contributed by atoms with E-state index in [1.807, 2.05) is 111 Å². The summed E-state index contributed by atoms with van der Waals surface area (Å²) in [5.41, 5.74) is 11.8. The van der Waals surface area contributed by atoms with Crippen molar-refractivity contribution < 1.29 is 82.1 Å². The molecule has 1 N–H and O–H groups in total. The summed E-state index contributed by atoms with van der Waals surface area (Å²) in [4.78, 5) is 18.0. The molecule has 4 aliphatic rings. The zero-order valence-corrected chi connectivity index (χ0v) is 90.2. The lowest BCUT2D eigenvalue weighted by molar-refractivity contribution is -0.138. The molecule has 0 spiro atoms. The average molecular weight is 2070 g/mol. The Kier molecular flexibility index (Phi) is 56.6. The van der Waals surface area contributed by atoms with E-state index in [9.17, 15) is 39.5 Å². The second-order valence-electron chi connectivity index (χ2n) is 35.6. The molecule has 0 aliphatic carbocycles. The van der Waals surface area contributed by atoms with E-state index >= 15 is 0 Å². The molecule has 0 aromatic heterocycles. The summed E-state index contributed by atoms with van der Waals surface area (Å²) >= 11 is 30.5. The second kappa shape index (κ2) is 64.4. The quantitative estimate of drug-likeness (QED) is 0.0375. The third-order valence-corrected chi connectivity index (χ3v) is 26.2. The van der Waals surface area contributed by atoms with Gasteiger partial charge in [-0.25, -0.2) is 0 Å². The largest absolute Gasteiger partial charge is 0.492 e. The molecular weight excluding hydrogens is 1920 g/mol. The molecule has 784 valence electrons. The van der Waals surface area contributed by atoms with Gasteiger partial charge in [0.1, 0.15) is 86.5 Å². The number of likely N-dealkylation sites (tertiary alicyclic amines) is 2. The number of nitrogens with one attached hydrogen (secondary N) is 1. The summed E-state index contributed by atoms with van der Waals surface area (Å²) in [6.07, 6.45) is -7.78. The van der Waals surface area contributed by atoms with Gasteiger partial charge in [0.25, 0.3) is 0 Å². The minimum atomic E-state index is -4.30. The Hall–Kier alpha value is -7.42. The molecular formula is C108H155Cl5F9N9O9. The van der Waals surface area contributed by atoms with Crippen LogP contribution in [0.4, 0.5) is 45.2 Å². The fraction of sp³-hybridized carbons (Fsp3) is 0.556.